The zero-order valence-corrected chi connectivity index (χ0v) is 8.39. The number of allylic oxidation sites excluding steroid dienone is 1. The van der Waals surface area contributed by atoms with Crippen LogP contribution in [-0.2, 0) is 6.18 Å². The first-order valence-corrected chi connectivity index (χ1v) is 4.27. The maximum Gasteiger partial charge on any atom is 0.419 e. The molecule has 0 saturated heterocycles. The van der Waals surface area contributed by atoms with Gasteiger partial charge in [-0.05, 0) is 17.7 Å². The average Bonchev–Trinajstić information content (AvgIpc) is 2.17. The fraction of sp³-hybridized carbons (Fsp3) is 0.200. The third-order valence-electron chi connectivity index (χ3n) is 2.02. The predicted octanol–water partition coefficient (Wildman–Crippen LogP) is 4.56. The van der Waals surface area contributed by atoms with Crippen LogP contribution in [0, 0.1) is 11.6 Å². The van der Waals surface area contributed by atoms with E-state index in [1.807, 2.05) is 0 Å². The van der Waals surface area contributed by atoms with E-state index < -0.39 is 40.7 Å². The molecule has 1 aromatic rings. The van der Waals surface area contributed by atoms with Gasteiger partial charge in [-0.25, -0.2) is 8.78 Å². The minimum Gasteiger partial charge on any atom is -0.204 e. The Morgan fingerprint density at radius 1 is 0.944 bits per heavy atom. The van der Waals surface area contributed by atoms with Gasteiger partial charge in [0.2, 0.25) is 0 Å². The maximum absolute atomic E-state index is 12.8. The topological polar surface area (TPSA) is 0 Å². The van der Waals surface area contributed by atoms with Crippen LogP contribution in [0.3, 0.4) is 0 Å². The zero-order chi connectivity index (χ0) is 14.3. The van der Waals surface area contributed by atoms with Gasteiger partial charge in [0.1, 0.15) is 0 Å². The molecule has 18 heavy (non-hydrogen) atoms. The van der Waals surface area contributed by atoms with E-state index >= 15 is 0 Å². The monoisotopic (exact) mass is 276 g/mol. The lowest BCUT2D eigenvalue weighted by Crippen LogP contribution is -2.14. The second-order valence-corrected chi connectivity index (χ2v) is 3.29. The minimum atomic E-state index is -5.30. The molecule has 100 valence electrons. The van der Waals surface area contributed by atoms with Gasteiger partial charge < -0.3 is 0 Å². The summed E-state index contributed by atoms with van der Waals surface area (Å²) in [5.74, 6) is -4.27. The van der Waals surface area contributed by atoms with Crippen molar-refractivity contribution < 1.29 is 35.1 Å². The molecule has 0 N–H and O–H groups in total. The van der Waals surface area contributed by atoms with E-state index in [-0.39, 0.29) is 12.1 Å². The predicted molar refractivity (Wildman–Crippen MR) is 46.4 cm³/mol. The smallest absolute Gasteiger partial charge is 0.204 e. The van der Waals surface area contributed by atoms with Gasteiger partial charge in [-0.2, -0.15) is 26.3 Å². The van der Waals surface area contributed by atoms with Crippen molar-refractivity contribution in [2.45, 2.75) is 12.4 Å². The van der Waals surface area contributed by atoms with E-state index in [0.717, 1.165) is 0 Å². The molecule has 0 spiro atoms. The van der Waals surface area contributed by atoms with Crippen molar-refractivity contribution in [3.63, 3.8) is 0 Å². The lowest BCUT2D eigenvalue weighted by molar-refractivity contribution is -0.140. The van der Waals surface area contributed by atoms with Crippen LogP contribution in [0.15, 0.2) is 18.7 Å². The normalized spacial score (nSPS) is 12.7. The molecule has 8 heteroatoms. The molecular formula is C10H4F8. The molecule has 1 rings (SSSR count). The van der Waals surface area contributed by atoms with Crippen LogP contribution >= 0.6 is 0 Å². The van der Waals surface area contributed by atoms with Crippen LogP contribution in [0.2, 0.25) is 0 Å². The summed E-state index contributed by atoms with van der Waals surface area (Å²) < 4.78 is 99.0. The fourth-order valence-electron chi connectivity index (χ4n) is 1.13. The van der Waals surface area contributed by atoms with E-state index in [1.165, 1.54) is 0 Å². The molecule has 0 aliphatic carbocycles. The summed E-state index contributed by atoms with van der Waals surface area (Å²) in [6.45, 7) is 2.51. The molecule has 0 saturated carbocycles. The molecule has 0 aliphatic heterocycles. The van der Waals surface area contributed by atoms with Gasteiger partial charge in [-0.15, -0.1) is 0 Å². The first kappa shape index (κ1) is 14.5. The average molecular weight is 276 g/mol. The van der Waals surface area contributed by atoms with E-state index in [1.54, 1.807) is 0 Å². The van der Waals surface area contributed by atoms with Crippen molar-refractivity contribution >= 4 is 5.57 Å². The maximum atomic E-state index is 12.8. The van der Waals surface area contributed by atoms with Crippen LogP contribution in [0.5, 0.6) is 0 Å². The molecule has 0 amide bonds. The molecule has 1 aromatic carbocycles. The number of alkyl halides is 6. The summed E-state index contributed by atoms with van der Waals surface area (Å²) >= 11 is 0. The lowest BCUT2D eigenvalue weighted by atomic mass is 10.0. The van der Waals surface area contributed by atoms with E-state index in [2.05, 4.69) is 6.58 Å². The number of hydrogen-bond donors (Lipinski definition) is 0. The molecule has 0 radical (unpaired) electrons. The molecule has 0 nitrogen and oxygen atoms in total. The van der Waals surface area contributed by atoms with Crippen molar-refractivity contribution in [1.82, 2.24) is 0 Å². The molecule has 0 fully saturated rings. The largest absolute Gasteiger partial charge is 0.419 e. The molecule has 0 aliphatic rings. The minimum absolute atomic E-state index is 0.0143. The van der Waals surface area contributed by atoms with Crippen LogP contribution in [-0.4, -0.2) is 6.18 Å². The van der Waals surface area contributed by atoms with E-state index in [9.17, 15) is 35.1 Å². The third kappa shape index (κ3) is 2.80. The second-order valence-electron chi connectivity index (χ2n) is 3.29. The van der Waals surface area contributed by atoms with Crippen LogP contribution in [0.4, 0.5) is 35.1 Å². The highest BCUT2D eigenvalue weighted by Gasteiger charge is 2.39. The SMILES string of the molecule is C=C(c1cc(F)c(F)c(C(F)(F)F)c1)C(F)(F)F. The third-order valence-corrected chi connectivity index (χ3v) is 2.02. The van der Waals surface area contributed by atoms with Crippen molar-refractivity contribution in [3.05, 3.63) is 41.5 Å². The second kappa shape index (κ2) is 4.25. The first-order valence-electron chi connectivity index (χ1n) is 4.27. The quantitative estimate of drug-likeness (QED) is 0.660. The lowest BCUT2D eigenvalue weighted by Gasteiger charge is -2.14. The fourth-order valence-corrected chi connectivity index (χ4v) is 1.13. The van der Waals surface area contributed by atoms with Crippen molar-refractivity contribution in [2.24, 2.45) is 0 Å². The Morgan fingerprint density at radius 3 is 1.83 bits per heavy atom. The van der Waals surface area contributed by atoms with Gasteiger partial charge in [0.15, 0.2) is 11.6 Å². The first-order chi connectivity index (χ1) is 7.94. The molecule has 0 aromatic heterocycles. The molecule has 0 heterocycles. The summed E-state index contributed by atoms with van der Waals surface area (Å²) in [5.41, 5.74) is -4.97. The highest BCUT2D eigenvalue weighted by molar-refractivity contribution is 5.68. The van der Waals surface area contributed by atoms with Gasteiger partial charge in [-0.3, -0.25) is 0 Å². The number of rotatable bonds is 1. The number of benzene rings is 1. The standard InChI is InChI=1S/C10H4F8/c1-4(9(13,14)15)5-2-6(10(16,17)18)8(12)7(11)3-5/h2-3H,1H2. The Morgan fingerprint density at radius 2 is 1.44 bits per heavy atom. The Kier molecular flexibility index (Phi) is 3.42. The van der Waals surface area contributed by atoms with Crippen LogP contribution in [0.25, 0.3) is 5.57 Å². The highest BCUT2D eigenvalue weighted by atomic mass is 19.4. The zero-order valence-electron chi connectivity index (χ0n) is 8.39. The Bertz CT molecular complexity index is 480. The highest BCUT2D eigenvalue weighted by Crippen LogP contribution is 2.38. The Hall–Kier alpha value is -1.60. The Balaban J connectivity index is 3.43. The summed E-state index contributed by atoms with van der Waals surface area (Å²) in [6, 6.07) is -0.116. The molecule has 0 unspecified atom stereocenters. The summed E-state index contributed by atoms with van der Waals surface area (Å²) in [5, 5.41) is 0. The molecule has 0 atom stereocenters. The number of hydrogen-bond acceptors (Lipinski definition) is 0. The van der Waals surface area contributed by atoms with Gasteiger partial charge >= 0.3 is 12.4 Å². The van der Waals surface area contributed by atoms with Gasteiger partial charge in [0.25, 0.3) is 0 Å². The summed E-state index contributed by atoms with van der Waals surface area (Å²) in [7, 11) is 0. The van der Waals surface area contributed by atoms with E-state index in [4.69, 9.17) is 0 Å². The Labute approximate surface area is 95.5 Å². The van der Waals surface area contributed by atoms with Crippen LogP contribution in [0.1, 0.15) is 11.1 Å². The van der Waals surface area contributed by atoms with Gasteiger partial charge in [0.05, 0.1) is 11.1 Å². The summed E-state index contributed by atoms with van der Waals surface area (Å²) in [4.78, 5) is 0. The van der Waals surface area contributed by atoms with Crippen molar-refractivity contribution in [2.75, 3.05) is 0 Å². The van der Waals surface area contributed by atoms with E-state index in [0.29, 0.717) is 0 Å². The summed E-state index contributed by atoms with van der Waals surface area (Å²) in [6.07, 6.45) is -10.3. The number of halogens is 8. The van der Waals surface area contributed by atoms with Crippen molar-refractivity contribution in [3.8, 4) is 0 Å². The molecular weight excluding hydrogens is 272 g/mol. The molecule has 0 bridgehead atoms. The van der Waals surface area contributed by atoms with Crippen LogP contribution < -0.4 is 0 Å². The van der Waals surface area contributed by atoms with Gasteiger partial charge in [0, 0.05) is 0 Å². The van der Waals surface area contributed by atoms with Crippen molar-refractivity contribution in [1.29, 1.82) is 0 Å². The van der Waals surface area contributed by atoms with Gasteiger partial charge in [-0.1, -0.05) is 6.58 Å².